The van der Waals surface area contributed by atoms with Gasteiger partial charge in [-0.2, -0.15) is 0 Å². The van der Waals surface area contributed by atoms with Crippen LogP contribution in [-0.2, 0) is 0 Å². The zero-order chi connectivity index (χ0) is 70.5. The lowest BCUT2D eigenvalue weighted by atomic mass is 9.99. The summed E-state index contributed by atoms with van der Waals surface area (Å²) in [5.41, 5.74) is 22.4. The van der Waals surface area contributed by atoms with Gasteiger partial charge in [0.2, 0.25) is 0 Å². The molecule has 6 heterocycles. The Labute approximate surface area is 611 Å². The first-order valence-electron chi connectivity index (χ1n) is 35.9. The molecule has 0 aliphatic carbocycles. The predicted octanol–water partition coefficient (Wildman–Crippen LogP) is 26.4. The van der Waals surface area contributed by atoms with Crippen molar-refractivity contribution in [2.75, 3.05) is 0 Å². The van der Waals surface area contributed by atoms with Gasteiger partial charge in [-0.05, 0) is 140 Å². The number of hydrogen-bond acceptors (Lipinski definition) is 9. The minimum absolute atomic E-state index is 0.876. The molecule has 9 nitrogen and oxygen atoms in total. The van der Waals surface area contributed by atoms with Crippen molar-refractivity contribution in [3.63, 3.8) is 0 Å². The van der Waals surface area contributed by atoms with Crippen LogP contribution in [0.25, 0.3) is 220 Å². The van der Waals surface area contributed by atoms with Crippen molar-refractivity contribution in [3.05, 3.63) is 352 Å². The first-order chi connectivity index (χ1) is 53.0. The van der Waals surface area contributed by atoms with Crippen LogP contribution in [0, 0.1) is 0 Å². The molecule has 0 radical (unpaired) electrons. The van der Waals surface area contributed by atoms with E-state index in [4.69, 9.17) is 43.2 Å². The van der Waals surface area contributed by atoms with Crippen LogP contribution in [0.1, 0.15) is 0 Å². The second kappa shape index (κ2) is 25.2. The SMILES string of the molecule is c1ccc(-c2nc3c(ccc4ccccc43)nc2-c2ccc3cc4c(cc3c2)oc2ccccc24)cc1.c1ccc(-c2nc3ccc4ccccc4c3nc2-c2ccc3cc4c(cc3c2)oc2ccccc24)cc1.c1ccc(-c2nc3ccccc3nc2-c2ccc3cc4c(cc3c2)oc2ccccc24)cc1. The summed E-state index contributed by atoms with van der Waals surface area (Å²) >= 11 is 0. The third-order valence-corrected chi connectivity index (χ3v) is 20.7. The number of hydrogen-bond donors (Lipinski definition) is 0. The van der Waals surface area contributed by atoms with Gasteiger partial charge in [0.15, 0.2) is 0 Å². The van der Waals surface area contributed by atoms with Crippen molar-refractivity contribution in [2.45, 2.75) is 0 Å². The smallest absolute Gasteiger partial charge is 0.136 e. The summed E-state index contributed by atoms with van der Waals surface area (Å²) in [6, 6.07) is 121. The summed E-state index contributed by atoms with van der Waals surface area (Å²) in [4.78, 5) is 30.9. The Bertz CT molecular complexity index is 7520. The second-order valence-electron chi connectivity index (χ2n) is 27.2. The quantitative estimate of drug-likeness (QED) is 0.150. The van der Waals surface area contributed by atoms with Crippen molar-refractivity contribution < 1.29 is 13.3 Å². The fourth-order valence-corrected chi connectivity index (χ4v) is 15.4. The Morgan fingerprint density at radius 2 is 0.430 bits per heavy atom. The normalized spacial score (nSPS) is 11.7. The van der Waals surface area contributed by atoms with Crippen molar-refractivity contribution in [3.8, 4) is 67.5 Å². The van der Waals surface area contributed by atoms with E-state index in [9.17, 15) is 0 Å². The molecule has 0 aliphatic rings. The van der Waals surface area contributed by atoms with E-state index in [1.807, 2.05) is 121 Å². The summed E-state index contributed by atoms with van der Waals surface area (Å²) in [5, 5.41) is 18.2. The highest BCUT2D eigenvalue weighted by Gasteiger charge is 2.21. The van der Waals surface area contributed by atoms with Crippen LogP contribution in [0.15, 0.2) is 365 Å². The van der Waals surface area contributed by atoms with Gasteiger partial charge >= 0.3 is 0 Å². The van der Waals surface area contributed by atoms with E-state index in [2.05, 4.69) is 231 Å². The third kappa shape index (κ3) is 10.8. The van der Waals surface area contributed by atoms with E-state index >= 15 is 0 Å². The third-order valence-electron chi connectivity index (χ3n) is 20.7. The molecule has 0 atom stereocenters. The first kappa shape index (κ1) is 61.2. The van der Waals surface area contributed by atoms with E-state index in [0.29, 0.717) is 0 Å². The number of benzene rings is 17. The maximum atomic E-state index is 6.18. The molecule has 0 N–H and O–H groups in total. The lowest BCUT2D eigenvalue weighted by molar-refractivity contribution is 0.669. The predicted molar refractivity (Wildman–Crippen MR) is 441 cm³/mol. The molecule has 23 aromatic rings. The van der Waals surface area contributed by atoms with Gasteiger partial charge in [0.25, 0.3) is 0 Å². The Hall–Kier alpha value is -14.5. The summed E-state index contributed by atoms with van der Waals surface area (Å²) in [5.74, 6) is 0. The molecule has 107 heavy (non-hydrogen) atoms. The van der Waals surface area contributed by atoms with Crippen LogP contribution in [0.5, 0.6) is 0 Å². The fourth-order valence-electron chi connectivity index (χ4n) is 15.4. The topological polar surface area (TPSA) is 117 Å². The van der Waals surface area contributed by atoms with Crippen LogP contribution >= 0.6 is 0 Å². The molecule has 17 aromatic carbocycles. The van der Waals surface area contributed by atoms with Crippen LogP contribution in [0.2, 0.25) is 0 Å². The standard InChI is InChI=1S/2C34H20N2O.C30H18N2O/c1-2-9-22(10-3-1)32-33(35-29-17-16-21-8-4-5-11-26(21)34(29)36-32)24-15-14-23-19-28-27-12-6-7-13-30(27)37-31(28)20-25(23)18-24;1-2-9-22(10-3-1)32-33(36-34-26-11-5-4-8-21(26)16-17-29(34)35-32)24-15-14-23-19-28-27-12-6-7-13-30(27)37-31(28)20-25(23)18-24;1-2-8-19(9-3-1)29-30(32-26-12-6-5-11-25(26)31-29)21-15-14-20-17-24-23-10-4-7-13-27(23)33-28(24)18-22(20)16-21/h2*1-20H;1-18H. The number of furan rings is 3. The molecular weight excluding hydrogens is 1310 g/mol. The molecule has 0 amide bonds. The largest absolute Gasteiger partial charge is 0.456 e. The van der Waals surface area contributed by atoms with E-state index in [1.165, 1.54) is 16.2 Å². The molecule has 498 valence electrons. The highest BCUT2D eigenvalue weighted by Crippen LogP contribution is 2.42. The number of fused-ring (bicyclic) bond motifs is 19. The summed E-state index contributed by atoms with van der Waals surface area (Å²) in [7, 11) is 0. The van der Waals surface area contributed by atoms with Gasteiger partial charge in [-0.3, -0.25) is 0 Å². The Morgan fingerprint density at radius 3 is 0.804 bits per heavy atom. The zero-order valence-electron chi connectivity index (χ0n) is 57.4. The number of rotatable bonds is 6. The van der Waals surface area contributed by atoms with Gasteiger partial charge in [0.1, 0.15) is 33.5 Å². The lowest BCUT2D eigenvalue weighted by Crippen LogP contribution is -1.96. The molecule has 0 bridgehead atoms. The van der Waals surface area contributed by atoms with Crippen molar-refractivity contribution in [1.29, 1.82) is 0 Å². The first-order valence-corrected chi connectivity index (χ1v) is 35.9. The van der Waals surface area contributed by atoms with Crippen molar-refractivity contribution in [2.24, 2.45) is 0 Å². The zero-order valence-corrected chi connectivity index (χ0v) is 57.4. The van der Waals surface area contributed by atoms with Gasteiger partial charge in [0.05, 0.1) is 67.3 Å². The van der Waals surface area contributed by atoms with Crippen LogP contribution in [0.4, 0.5) is 0 Å². The summed E-state index contributed by atoms with van der Waals surface area (Å²) in [6.45, 7) is 0. The highest BCUT2D eigenvalue weighted by molar-refractivity contribution is 6.14. The molecule has 6 aromatic heterocycles. The molecule has 0 unspecified atom stereocenters. The number of nitrogens with zero attached hydrogens (tertiary/aromatic N) is 6. The average molecular weight is 1370 g/mol. The molecule has 0 saturated heterocycles. The lowest BCUT2D eigenvalue weighted by Gasteiger charge is -2.13. The maximum Gasteiger partial charge on any atom is 0.136 e. The van der Waals surface area contributed by atoms with E-state index in [0.717, 1.165) is 204 Å². The van der Waals surface area contributed by atoms with Gasteiger partial charge in [-0.25, -0.2) is 29.9 Å². The maximum absolute atomic E-state index is 6.18. The highest BCUT2D eigenvalue weighted by atomic mass is 16.3. The summed E-state index contributed by atoms with van der Waals surface area (Å²) < 4.78 is 18.5. The fraction of sp³-hybridized carbons (Fsp3) is 0. The van der Waals surface area contributed by atoms with Crippen molar-refractivity contribution >= 4 is 153 Å². The van der Waals surface area contributed by atoms with Crippen molar-refractivity contribution in [1.82, 2.24) is 29.9 Å². The summed E-state index contributed by atoms with van der Waals surface area (Å²) in [6.07, 6.45) is 0. The second-order valence-corrected chi connectivity index (χ2v) is 27.2. The van der Waals surface area contributed by atoms with Crippen LogP contribution in [0.3, 0.4) is 0 Å². The Morgan fingerprint density at radius 1 is 0.150 bits per heavy atom. The molecule has 0 spiro atoms. The minimum Gasteiger partial charge on any atom is -0.456 e. The van der Waals surface area contributed by atoms with E-state index in [1.54, 1.807) is 0 Å². The Kier molecular flexibility index (Phi) is 14.4. The van der Waals surface area contributed by atoms with Gasteiger partial charge in [-0.15, -0.1) is 0 Å². The molecule has 23 rings (SSSR count). The average Bonchev–Trinajstić information content (AvgIpc) is 1.49. The van der Waals surface area contributed by atoms with Crippen LogP contribution < -0.4 is 0 Å². The minimum atomic E-state index is 0.876. The van der Waals surface area contributed by atoms with E-state index < -0.39 is 0 Å². The van der Waals surface area contributed by atoms with Gasteiger partial charge < -0.3 is 13.3 Å². The van der Waals surface area contributed by atoms with Gasteiger partial charge in [-0.1, -0.05) is 255 Å². The molecule has 0 aliphatic heterocycles. The van der Waals surface area contributed by atoms with Crippen LogP contribution in [-0.4, -0.2) is 29.9 Å². The monoisotopic (exact) mass is 1370 g/mol. The molecule has 9 heteroatoms. The van der Waals surface area contributed by atoms with Gasteiger partial charge in [0, 0.05) is 76.5 Å². The Balaban J connectivity index is 0.000000103. The molecule has 0 saturated carbocycles. The number of aromatic nitrogens is 6. The molecule has 0 fully saturated rings. The molecular formula is C98H58N6O3. The van der Waals surface area contributed by atoms with E-state index in [-0.39, 0.29) is 0 Å². The number of para-hydroxylation sites is 5.